The van der Waals surface area contributed by atoms with Crippen molar-refractivity contribution in [3.8, 4) is 0 Å². The lowest BCUT2D eigenvalue weighted by molar-refractivity contribution is -0.125. The highest BCUT2D eigenvalue weighted by atomic mass is 31.1. The Kier molecular flexibility index (Phi) is 5.36. The maximum Gasteiger partial charge on any atom is 0.152 e. The third kappa shape index (κ3) is 3.46. The van der Waals surface area contributed by atoms with E-state index in [9.17, 15) is 4.79 Å². The minimum Gasteiger partial charge on any atom is -0.298 e. The minimum atomic E-state index is 0.0271. The number of rotatable bonds is 5. The molecule has 2 nitrogen and oxygen atoms in total. The first kappa shape index (κ1) is 11.8. The summed E-state index contributed by atoms with van der Waals surface area (Å²) in [7, 11) is 3.03. The van der Waals surface area contributed by atoms with Crippen molar-refractivity contribution in [3.05, 3.63) is 0 Å². The molecule has 0 saturated heterocycles. The number of nitrogens with zero attached hydrogens (tertiary/aromatic N) is 1. The van der Waals surface area contributed by atoms with Gasteiger partial charge in [-0.05, 0) is 14.0 Å². The van der Waals surface area contributed by atoms with Gasteiger partial charge >= 0.3 is 0 Å². The molecule has 0 amide bonds. The number of hydrogen-bond acceptors (Lipinski definition) is 2. The Bertz CT molecular complexity index is 168. The summed E-state index contributed by atoms with van der Waals surface area (Å²) in [5.41, 5.74) is 0. The van der Waals surface area contributed by atoms with Crippen molar-refractivity contribution in [1.29, 1.82) is 0 Å². The van der Waals surface area contributed by atoms with Crippen molar-refractivity contribution in [2.24, 2.45) is 5.92 Å². The van der Waals surface area contributed by atoms with Crippen LogP contribution < -0.4 is 0 Å². The monoisotopic (exact) mass is 187 g/mol. The topological polar surface area (TPSA) is 20.3 Å². The number of hydrogen-bond donors (Lipinski definition) is 0. The molecule has 0 aromatic heterocycles. The molecule has 0 radical (unpaired) electrons. The van der Waals surface area contributed by atoms with Crippen LogP contribution in [0.4, 0.5) is 0 Å². The number of carbonyl (C=O) groups excluding carboxylic acids is 1. The van der Waals surface area contributed by atoms with Crippen LogP contribution in [0.3, 0.4) is 0 Å². The molecule has 0 spiro atoms. The molecule has 3 heteroatoms. The fourth-order valence-electron chi connectivity index (χ4n) is 0.980. The molecule has 0 fully saturated rings. The Morgan fingerprint density at radius 1 is 1.50 bits per heavy atom. The average Bonchev–Trinajstić information content (AvgIpc) is 2.02. The van der Waals surface area contributed by atoms with Gasteiger partial charge in [-0.2, -0.15) is 0 Å². The Morgan fingerprint density at radius 3 is 2.33 bits per heavy atom. The van der Waals surface area contributed by atoms with Crippen LogP contribution in [-0.2, 0) is 4.79 Å². The zero-order valence-corrected chi connectivity index (χ0v) is 9.27. The molecule has 0 aromatic carbocycles. The maximum absolute atomic E-state index is 11.5. The molecule has 12 heavy (non-hydrogen) atoms. The number of ketones is 1. The molecule has 0 aliphatic heterocycles. The lowest BCUT2D eigenvalue weighted by Crippen LogP contribution is -2.37. The quantitative estimate of drug-likeness (QED) is 0.612. The molecular formula is C9H18NOP. The largest absolute Gasteiger partial charge is 0.298 e. The van der Waals surface area contributed by atoms with E-state index in [1.54, 1.807) is 0 Å². The van der Waals surface area contributed by atoms with E-state index < -0.39 is 0 Å². The first-order valence-electron chi connectivity index (χ1n) is 4.17. The highest BCUT2D eigenvalue weighted by molar-refractivity contribution is 7.36. The first-order valence-corrected chi connectivity index (χ1v) is 5.43. The summed E-state index contributed by atoms with van der Waals surface area (Å²) in [6, 6.07) is 0.0271. The number of likely N-dealkylation sites (N-methyl/N-ethyl adjacent to an activating group) is 1. The Balaban J connectivity index is 4.08. The standard InChI is InChI=1S/C9H18NOP/c1-7(2)9(11)8(3)10(4)6-12-5/h7-8H,5-6H2,1-4H3. The van der Waals surface area contributed by atoms with E-state index in [0.29, 0.717) is 5.78 Å². The lowest BCUT2D eigenvalue weighted by atomic mass is 10.0. The molecule has 1 atom stereocenters. The van der Waals surface area contributed by atoms with E-state index in [4.69, 9.17) is 0 Å². The van der Waals surface area contributed by atoms with Crippen LogP contribution in [-0.4, -0.2) is 36.4 Å². The van der Waals surface area contributed by atoms with Crippen LogP contribution in [0.5, 0.6) is 0 Å². The molecule has 0 heterocycles. The van der Waals surface area contributed by atoms with Gasteiger partial charge in [0, 0.05) is 12.2 Å². The zero-order chi connectivity index (χ0) is 9.72. The highest BCUT2D eigenvalue weighted by Gasteiger charge is 2.19. The third-order valence-electron chi connectivity index (χ3n) is 1.97. The molecule has 0 rings (SSSR count). The predicted octanol–water partition coefficient (Wildman–Crippen LogP) is 1.87. The van der Waals surface area contributed by atoms with Gasteiger partial charge in [-0.1, -0.05) is 28.4 Å². The molecule has 0 saturated carbocycles. The molecule has 0 aromatic rings. The van der Waals surface area contributed by atoms with Gasteiger partial charge < -0.3 is 0 Å². The smallest absolute Gasteiger partial charge is 0.152 e. The van der Waals surface area contributed by atoms with E-state index in [-0.39, 0.29) is 12.0 Å². The summed E-state index contributed by atoms with van der Waals surface area (Å²) < 4.78 is 0. The zero-order valence-electron chi connectivity index (χ0n) is 8.37. The van der Waals surface area contributed by atoms with Crippen molar-refractivity contribution < 1.29 is 4.79 Å². The lowest BCUT2D eigenvalue weighted by Gasteiger charge is -2.22. The van der Waals surface area contributed by atoms with Gasteiger partial charge in [-0.25, -0.2) is 0 Å². The molecule has 1 unspecified atom stereocenters. The van der Waals surface area contributed by atoms with Crippen LogP contribution in [0, 0.1) is 5.92 Å². The molecular weight excluding hydrogens is 169 g/mol. The molecule has 70 valence electrons. The van der Waals surface area contributed by atoms with Crippen LogP contribution >= 0.6 is 8.20 Å². The summed E-state index contributed by atoms with van der Waals surface area (Å²) in [5.74, 6) is 0.435. The fourth-order valence-corrected chi connectivity index (χ4v) is 1.54. The van der Waals surface area contributed by atoms with Gasteiger partial charge in [0.1, 0.15) is 0 Å². The van der Waals surface area contributed by atoms with Crippen LogP contribution in [0.15, 0.2) is 0 Å². The number of Topliss-reactive ketones (excluding diaryl/α,β-unsaturated/α-hetero) is 1. The van der Waals surface area contributed by atoms with Crippen LogP contribution in [0.25, 0.3) is 0 Å². The van der Waals surface area contributed by atoms with Crippen molar-refractivity contribution in [2.45, 2.75) is 26.8 Å². The van der Waals surface area contributed by atoms with Gasteiger partial charge in [-0.15, -0.1) is 0 Å². The highest BCUT2D eigenvalue weighted by Crippen LogP contribution is 2.07. The molecule has 0 bridgehead atoms. The van der Waals surface area contributed by atoms with Gasteiger partial charge in [0.05, 0.1) is 6.04 Å². The van der Waals surface area contributed by atoms with Gasteiger partial charge in [0.2, 0.25) is 0 Å². The van der Waals surface area contributed by atoms with E-state index in [1.807, 2.05) is 32.7 Å². The van der Waals surface area contributed by atoms with Crippen molar-refractivity contribution in [3.63, 3.8) is 0 Å². The predicted molar refractivity (Wildman–Crippen MR) is 56.0 cm³/mol. The van der Waals surface area contributed by atoms with Crippen LogP contribution in [0.1, 0.15) is 20.8 Å². The Labute approximate surface area is 76.8 Å². The average molecular weight is 187 g/mol. The summed E-state index contributed by atoms with van der Waals surface area (Å²) in [6.45, 7) is 5.83. The summed E-state index contributed by atoms with van der Waals surface area (Å²) in [5, 5.41) is 0. The SMILES string of the molecule is C=PCN(C)C(C)C(=O)C(C)C. The van der Waals surface area contributed by atoms with E-state index >= 15 is 0 Å². The first-order chi connectivity index (χ1) is 5.50. The molecule has 0 aliphatic carbocycles. The van der Waals surface area contributed by atoms with Crippen molar-refractivity contribution in [1.82, 2.24) is 4.90 Å². The second kappa shape index (κ2) is 5.45. The van der Waals surface area contributed by atoms with Crippen molar-refractivity contribution >= 4 is 20.3 Å². The summed E-state index contributed by atoms with van der Waals surface area (Å²) in [6.07, 6.45) is 4.59. The molecule has 0 aliphatic rings. The second-order valence-electron chi connectivity index (χ2n) is 3.36. The molecule has 0 N–H and O–H groups in total. The normalized spacial score (nSPS) is 14.2. The minimum absolute atomic E-state index is 0.0271. The Morgan fingerprint density at radius 2 is 2.00 bits per heavy atom. The van der Waals surface area contributed by atoms with E-state index in [0.717, 1.165) is 14.5 Å². The number of carbonyl (C=O) groups is 1. The Hall–Kier alpha value is -0.200. The summed E-state index contributed by atoms with van der Waals surface area (Å²) in [4.78, 5) is 13.5. The fraction of sp³-hybridized carbons (Fsp3) is 0.778. The van der Waals surface area contributed by atoms with Gasteiger partial charge in [-0.3, -0.25) is 9.69 Å². The van der Waals surface area contributed by atoms with Crippen molar-refractivity contribution in [2.75, 3.05) is 13.3 Å². The van der Waals surface area contributed by atoms with Crippen LogP contribution in [0.2, 0.25) is 0 Å². The van der Waals surface area contributed by atoms with Gasteiger partial charge in [0.15, 0.2) is 5.78 Å². The third-order valence-corrected chi connectivity index (χ3v) is 2.61. The van der Waals surface area contributed by atoms with Gasteiger partial charge in [0.25, 0.3) is 0 Å². The van der Waals surface area contributed by atoms with E-state index in [2.05, 4.69) is 6.30 Å². The summed E-state index contributed by atoms with van der Waals surface area (Å²) >= 11 is 0. The van der Waals surface area contributed by atoms with E-state index in [1.165, 1.54) is 0 Å². The maximum atomic E-state index is 11.5. The second-order valence-corrected chi connectivity index (χ2v) is 4.09.